The van der Waals surface area contributed by atoms with Crippen molar-refractivity contribution in [3.63, 3.8) is 0 Å². The van der Waals surface area contributed by atoms with Crippen LogP contribution in [0.25, 0.3) is 0 Å². The SMILES string of the molecule is FC(F)(F)Oc1cccc(CN2CCC(c3ncn[nH]3)CC2)c1. The molecule has 124 valence electrons. The van der Waals surface area contributed by atoms with Gasteiger partial charge in [0.25, 0.3) is 0 Å². The van der Waals surface area contributed by atoms with Gasteiger partial charge in [-0.15, -0.1) is 13.2 Å². The monoisotopic (exact) mass is 326 g/mol. The van der Waals surface area contributed by atoms with E-state index in [2.05, 4.69) is 24.8 Å². The Kier molecular flexibility index (Phi) is 4.51. The summed E-state index contributed by atoms with van der Waals surface area (Å²) in [6, 6.07) is 6.15. The molecule has 23 heavy (non-hydrogen) atoms. The number of hydrogen-bond donors (Lipinski definition) is 1. The molecule has 0 atom stereocenters. The average Bonchev–Trinajstić information content (AvgIpc) is 3.01. The molecule has 0 aliphatic carbocycles. The second-order valence-corrected chi connectivity index (χ2v) is 5.62. The van der Waals surface area contributed by atoms with Crippen molar-refractivity contribution in [3.05, 3.63) is 42.0 Å². The van der Waals surface area contributed by atoms with Gasteiger partial charge < -0.3 is 4.74 Å². The first-order valence-electron chi connectivity index (χ1n) is 7.42. The molecular weight excluding hydrogens is 309 g/mol. The maximum absolute atomic E-state index is 12.3. The van der Waals surface area contributed by atoms with Crippen LogP contribution in [-0.2, 0) is 6.54 Å². The first-order chi connectivity index (χ1) is 11.0. The largest absolute Gasteiger partial charge is 0.573 e. The lowest BCUT2D eigenvalue weighted by Gasteiger charge is -2.31. The molecule has 0 bridgehead atoms. The Balaban J connectivity index is 1.55. The molecule has 0 unspecified atom stereocenters. The van der Waals surface area contributed by atoms with Crippen LogP contribution in [0.4, 0.5) is 13.2 Å². The number of likely N-dealkylation sites (tertiary alicyclic amines) is 1. The minimum absolute atomic E-state index is 0.174. The van der Waals surface area contributed by atoms with Crippen LogP contribution in [0.15, 0.2) is 30.6 Å². The minimum Gasteiger partial charge on any atom is -0.406 e. The van der Waals surface area contributed by atoms with Crippen molar-refractivity contribution in [1.82, 2.24) is 20.1 Å². The topological polar surface area (TPSA) is 54.0 Å². The first-order valence-corrected chi connectivity index (χ1v) is 7.42. The predicted octanol–water partition coefficient (Wildman–Crippen LogP) is 3.08. The third kappa shape index (κ3) is 4.44. The van der Waals surface area contributed by atoms with Gasteiger partial charge in [-0.3, -0.25) is 10.00 Å². The van der Waals surface area contributed by atoms with E-state index in [1.54, 1.807) is 6.07 Å². The molecule has 2 aromatic rings. The summed E-state index contributed by atoms with van der Waals surface area (Å²) in [6.45, 7) is 2.35. The zero-order valence-electron chi connectivity index (χ0n) is 12.4. The van der Waals surface area contributed by atoms with Crippen molar-refractivity contribution in [1.29, 1.82) is 0 Å². The van der Waals surface area contributed by atoms with E-state index in [0.29, 0.717) is 12.5 Å². The average molecular weight is 326 g/mol. The smallest absolute Gasteiger partial charge is 0.406 e. The first kappa shape index (κ1) is 15.8. The number of nitrogens with one attached hydrogen (secondary N) is 1. The van der Waals surface area contributed by atoms with Gasteiger partial charge in [-0.05, 0) is 43.6 Å². The fraction of sp³-hybridized carbons (Fsp3) is 0.467. The highest BCUT2D eigenvalue weighted by Crippen LogP contribution is 2.27. The number of alkyl halides is 3. The Morgan fingerprint density at radius 1 is 1.26 bits per heavy atom. The van der Waals surface area contributed by atoms with Gasteiger partial charge in [0.1, 0.15) is 17.9 Å². The number of rotatable bonds is 4. The predicted molar refractivity (Wildman–Crippen MR) is 76.8 cm³/mol. The Hall–Kier alpha value is -2.09. The molecule has 1 aromatic carbocycles. The molecule has 0 radical (unpaired) electrons. The van der Waals surface area contributed by atoms with Crippen LogP contribution in [0.1, 0.15) is 30.1 Å². The van der Waals surface area contributed by atoms with Gasteiger partial charge in [0.15, 0.2) is 0 Å². The van der Waals surface area contributed by atoms with E-state index in [-0.39, 0.29) is 5.75 Å². The van der Waals surface area contributed by atoms with Gasteiger partial charge >= 0.3 is 6.36 Å². The molecule has 8 heteroatoms. The minimum atomic E-state index is -4.66. The molecule has 1 N–H and O–H groups in total. The highest BCUT2D eigenvalue weighted by atomic mass is 19.4. The zero-order valence-corrected chi connectivity index (χ0v) is 12.4. The lowest BCUT2D eigenvalue weighted by Crippen LogP contribution is -2.32. The van der Waals surface area contributed by atoms with E-state index in [9.17, 15) is 13.2 Å². The highest BCUT2D eigenvalue weighted by molar-refractivity contribution is 5.28. The third-order valence-electron chi connectivity index (χ3n) is 3.95. The van der Waals surface area contributed by atoms with Gasteiger partial charge in [0, 0.05) is 12.5 Å². The van der Waals surface area contributed by atoms with Crippen molar-refractivity contribution in [2.45, 2.75) is 31.7 Å². The summed E-state index contributed by atoms with van der Waals surface area (Å²) in [7, 11) is 0. The summed E-state index contributed by atoms with van der Waals surface area (Å²) < 4.78 is 40.7. The van der Waals surface area contributed by atoms with E-state index in [1.165, 1.54) is 18.5 Å². The van der Waals surface area contributed by atoms with Crippen LogP contribution in [0, 0.1) is 0 Å². The maximum atomic E-state index is 12.3. The van der Waals surface area contributed by atoms with Gasteiger partial charge in [-0.1, -0.05) is 12.1 Å². The fourth-order valence-corrected chi connectivity index (χ4v) is 2.88. The summed E-state index contributed by atoms with van der Waals surface area (Å²) in [6.07, 6.45) is -1.25. The number of ether oxygens (including phenoxy) is 1. The van der Waals surface area contributed by atoms with Crippen LogP contribution in [0.3, 0.4) is 0 Å². The second-order valence-electron chi connectivity index (χ2n) is 5.62. The number of hydrogen-bond acceptors (Lipinski definition) is 4. The van der Waals surface area contributed by atoms with Gasteiger partial charge in [-0.25, -0.2) is 4.98 Å². The van der Waals surface area contributed by atoms with Crippen LogP contribution in [0.2, 0.25) is 0 Å². The fourth-order valence-electron chi connectivity index (χ4n) is 2.88. The summed E-state index contributed by atoms with van der Waals surface area (Å²) >= 11 is 0. The molecule has 1 saturated heterocycles. The third-order valence-corrected chi connectivity index (χ3v) is 3.95. The van der Waals surface area contributed by atoms with E-state index in [0.717, 1.165) is 37.3 Å². The Labute approximate surface area is 131 Å². The standard InChI is InChI=1S/C15H17F3N4O/c16-15(17,18)23-13-3-1-2-11(8-13)9-22-6-4-12(5-7-22)14-19-10-20-21-14/h1-3,8,10,12H,4-7,9H2,(H,19,20,21). The summed E-state index contributed by atoms with van der Waals surface area (Å²) in [4.78, 5) is 6.41. The molecule has 5 nitrogen and oxygen atoms in total. The van der Waals surface area contributed by atoms with Crippen molar-refractivity contribution in [2.24, 2.45) is 0 Å². The van der Waals surface area contributed by atoms with Crippen LogP contribution >= 0.6 is 0 Å². The maximum Gasteiger partial charge on any atom is 0.573 e. The van der Waals surface area contributed by atoms with Gasteiger partial charge in [-0.2, -0.15) is 5.10 Å². The molecule has 0 amide bonds. The molecular formula is C15H17F3N4O. The lowest BCUT2D eigenvalue weighted by molar-refractivity contribution is -0.274. The number of H-pyrrole nitrogens is 1. The molecule has 1 aliphatic heterocycles. The molecule has 0 saturated carbocycles. The number of halogens is 3. The van der Waals surface area contributed by atoms with E-state index in [4.69, 9.17) is 0 Å². The number of piperidine rings is 1. The molecule has 1 aliphatic rings. The molecule has 1 fully saturated rings. The number of benzene rings is 1. The quantitative estimate of drug-likeness (QED) is 0.938. The van der Waals surface area contributed by atoms with E-state index < -0.39 is 6.36 Å². The molecule has 3 rings (SSSR count). The second kappa shape index (κ2) is 6.57. The Morgan fingerprint density at radius 3 is 2.70 bits per heavy atom. The van der Waals surface area contributed by atoms with Crippen molar-refractivity contribution in [3.8, 4) is 5.75 Å². The zero-order chi connectivity index (χ0) is 16.3. The van der Waals surface area contributed by atoms with Gasteiger partial charge in [0.05, 0.1) is 0 Å². The van der Waals surface area contributed by atoms with Crippen molar-refractivity contribution >= 4 is 0 Å². The summed E-state index contributed by atoms with van der Waals surface area (Å²) in [5.41, 5.74) is 0.810. The Morgan fingerprint density at radius 2 is 2.04 bits per heavy atom. The van der Waals surface area contributed by atoms with Gasteiger partial charge in [0.2, 0.25) is 0 Å². The van der Waals surface area contributed by atoms with E-state index >= 15 is 0 Å². The molecule has 0 spiro atoms. The van der Waals surface area contributed by atoms with Crippen LogP contribution < -0.4 is 4.74 Å². The van der Waals surface area contributed by atoms with E-state index in [1.807, 2.05) is 6.07 Å². The van der Waals surface area contributed by atoms with Crippen LogP contribution in [-0.4, -0.2) is 39.5 Å². The van der Waals surface area contributed by atoms with Crippen molar-refractivity contribution in [2.75, 3.05) is 13.1 Å². The number of nitrogens with zero attached hydrogens (tertiary/aromatic N) is 3. The lowest BCUT2D eigenvalue weighted by atomic mass is 9.96. The molecule has 2 heterocycles. The normalized spacial score (nSPS) is 17.3. The van der Waals surface area contributed by atoms with Crippen LogP contribution in [0.5, 0.6) is 5.75 Å². The number of aromatic nitrogens is 3. The highest BCUT2D eigenvalue weighted by Gasteiger charge is 2.31. The summed E-state index contributed by atoms with van der Waals surface area (Å²) in [5, 5.41) is 6.77. The molecule has 1 aromatic heterocycles. The number of aromatic amines is 1. The Bertz CT molecular complexity index is 622. The summed E-state index contributed by atoms with van der Waals surface area (Å²) in [5.74, 6) is 1.10. The van der Waals surface area contributed by atoms with Crippen molar-refractivity contribution < 1.29 is 17.9 Å².